The summed E-state index contributed by atoms with van der Waals surface area (Å²) < 4.78 is 26.1. The minimum Gasteiger partial charge on any atom is -0.355 e. The summed E-state index contributed by atoms with van der Waals surface area (Å²) in [4.78, 5) is 27.2. The van der Waals surface area contributed by atoms with Crippen molar-refractivity contribution in [3.8, 4) is 0 Å². The molecule has 0 radical (unpaired) electrons. The van der Waals surface area contributed by atoms with E-state index in [1.54, 1.807) is 37.3 Å². The number of halogens is 2. The van der Waals surface area contributed by atoms with Gasteiger partial charge < -0.3 is 10.2 Å². The molecule has 0 saturated heterocycles. The van der Waals surface area contributed by atoms with Crippen LogP contribution in [0.2, 0.25) is 10.0 Å². The van der Waals surface area contributed by atoms with Crippen molar-refractivity contribution in [2.45, 2.75) is 52.6 Å². The van der Waals surface area contributed by atoms with E-state index in [2.05, 4.69) is 5.32 Å². The van der Waals surface area contributed by atoms with Gasteiger partial charge in [0.2, 0.25) is 21.8 Å². The van der Waals surface area contributed by atoms with E-state index in [1.165, 1.54) is 9.21 Å². The van der Waals surface area contributed by atoms with Gasteiger partial charge in [0.1, 0.15) is 6.04 Å². The Labute approximate surface area is 218 Å². The number of carbonyl (C=O) groups is 2. The van der Waals surface area contributed by atoms with Gasteiger partial charge in [-0.05, 0) is 62.1 Å². The summed E-state index contributed by atoms with van der Waals surface area (Å²) in [6, 6.07) is 11.7. The Hall–Kier alpha value is -2.29. The molecular formula is C25H33Cl2N3O4S. The van der Waals surface area contributed by atoms with Crippen LogP contribution in [-0.4, -0.2) is 50.5 Å². The molecule has 0 saturated carbocycles. The summed E-state index contributed by atoms with van der Waals surface area (Å²) >= 11 is 12.1. The third-order valence-corrected chi connectivity index (χ3v) is 7.57. The van der Waals surface area contributed by atoms with Gasteiger partial charge in [0.05, 0.1) is 22.0 Å². The Balaban J connectivity index is 2.17. The van der Waals surface area contributed by atoms with Crippen molar-refractivity contribution in [3.63, 3.8) is 0 Å². The summed E-state index contributed by atoms with van der Waals surface area (Å²) in [6.45, 7) is 6.26. The number of rotatable bonds is 12. The quantitative estimate of drug-likeness (QED) is 0.423. The first-order valence-electron chi connectivity index (χ1n) is 11.6. The summed E-state index contributed by atoms with van der Waals surface area (Å²) in [6.07, 6.45) is 2.37. The zero-order valence-electron chi connectivity index (χ0n) is 20.6. The summed E-state index contributed by atoms with van der Waals surface area (Å²) in [5, 5.41) is 3.51. The number of sulfonamides is 1. The van der Waals surface area contributed by atoms with Crippen LogP contribution in [0.25, 0.3) is 0 Å². The maximum atomic E-state index is 13.2. The molecule has 0 unspecified atom stereocenters. The predicted molar refractivity (Wildman–Crippen MR) is 142 cm³/mol. The minimum atomic E-state index is -3.53. The average molecular weight is 543 g/mol. The highest BCUT2D eigenvalue weighted by molar-refractivity contribution is 7.92. The highest BCUT2D eigenvalue weighted by Gasteiger charge is 2.26. The lowest BCUT2D eigenvalue weighted by molar-refractivity contribution is -0.140. The summed E-state index contributed by atoms with van der Waals surface area (Å²) in [7, 11) is -3.53. The standard InChI is InChI=1S/C25H33Cl2N3O4S/c1-5-19-9-12-21(13-10-19)30(35(4,33)34)15-7-8-24(31)29(18(3)25(32)28-6-2)17-20-11-14-22(26)23(27)16-20/h9-14,16,18H,5-8,15,17H2,1-4H3,(H,28,32)/t18-/m0/s1. The zero-order chi connectivity index (χ0) is 26.2. The van der Waals surface area contributed by atoms with Crippen LogP contribution in [0, 0.1) is 0 Å². The molecule has 2 amide bonds. The molecule has 0 aliphatic heterocycles. The van der Waals surface area contributed by atoms with Gasteiger partial charge in [0, 0.05) is 26.1 Å². The third-order valence-electron chi connectivity index (χ3n) is 5.64. The largest absolute Gasteiger partial charge is 0.355 e. The average Bonchev–Trinajstić information content (AvgIpc) is 2.81. The number of hydrogen-bond donors (Lipinski definition) is 1. The van der Waals surface area contributed by atoms with Crippen LogP contribution in [0.4, 0.5) is 5.69 Å². The number of hydrogen-bond acceptors (Lipinski definition) is 4. The second kappa shape index (κ2) is 13.1. The van der Waals surface area contributed by atoms with Gasteiger partial charge in [-0.3, -0.25) is 13.9 Å². The van der Waals surface area contributed by atoms with Crippen molar-refractivity contribution < 1.29 is 18.0 Å². The first-order chi connectivity index (χ1) is 16.5. The normalized spacial score (nSPS) is 12.2. The molecule has 35 heavy (non-hydrogen) atoms. The van der Waals surface area contributed by atoms with Crippen molar-refractivity contribution in [3.05, 3.63) is 63.6 Å². The number of nitrogens with zero attached hydrogens (tertiary/aromatic N) is 2. The van der Waals surface area contributed by atoms with E-state index in [-0.39, 0.29) is 31.3 Å². The molecule has 2 aromatic rings. The predicted octanol–water partition coefficient (Wildman–Crippen LogP) is 4.66. The fourth-order valence-corrected chi connectivity index (χ4v) is 4.93. The molecular weight excluding hydrogens is 509 g/mol. The minimum absolute atomic E-state index is 0.0735. The van der Waals surface area contributed by atoms with Crippen molar-refractivity contribution in [1.29, 1.82) is 0 Å². The van der Waals surface area contributed by atoms with Crippen molar-refractivity contribution in [2.24, 2.45) is 0 Å². The fourth-order valence-electron chi connectivity index (χ4n) is 3.64. The molecule has 1 N–H and O–H groups in total. The van der Waals surface area contributed by atoms with Gasteiger partial charge >= 0.3 is 0 Å². The number of carbonyl (C=O) groups excluding carboxylic acids is 2. The molecule has 0 fully saturated rings. The van der Waals surface area contributed by atoms with E-state index in [1.807, 2.05) is 26.0 Å². The Morgan fingerprint density at radius 2 is 1.63 bits per heavy atom. The van der Waals surface area contributed by atoms with Gasteiger partial charge in [-0.25, -0.2) is 8.42 Å². The molecule has 2 rings (SSSR count). The van der Waals surface area contributed by atoms with Gasteiger partial charge in [-0.2, -0.15) is 0 Å². The first kappa shape index (κ1) is 28.9. The van der Waals surface area contributed by atoms with E-state index in [0.717, 1.165) is 23.8 Å². The first-order valence-corrected chi connectivity index (χ1v) is 14.2. The highest BCUT2D eigenvalue weighted by Crippen LogP contribution is 2.24. The Morgan fingerprint density at radius 3 is 2.17 bits per heavy atom. The molecule has 1 atom stereocenters. The van der Waals surface area contributed by atoms with Crippen molar-refractivity contribution >= 4 is 50.7 Å². The van der Waals surface area contributed by atoms with Crippen LogP contribution in [-0.2, 0) is 32.6 Å². The smallest absolute Gasteiger partial charge is 0.242 e. The lowest BCUT2D eigenvalue weighted by Crippen LogP contribution is -2.47. The maximum Gasteiger partial charge on any atom is 0.242 e. The van der Waals surface area contributed by atoms with Crippen LogP contribution in [0.3, 0.4) is 0 Å². The van der Waals surface area contributed by atoms with Crippen LogP contribution >= 0.6 is 23.2 Å². The molecule has 0 bridgehead atoms. The number of benzene rings is 2. The Bertz CT molecular complexity index is 1120. The molecule has 10 heteroatoms. The Morgan fingerprint density at radius 1 is 1.00 bits per heavy atom. The molecule has 192 valence electrons. The number of aryl methyl sites for hydroxylation is 1. The van der Waals surface area contributed by atoms with Crippen molar-refractivity contribution in [2.75, 3.05) is 23.7 Å². The van der Waals surface area contributed by atoms with Gasteiger partial charge in [0.25, 0.3) is 0 Å². The van der Waals surface area contributed by atoms with Gasteiger partial charge in [-0.1, -0.05) is 48.3 Å². The van der Waals surface area contributed by atoms with Gasteiger partial charge in [-0.15, -0.1) is 0 Å². The monoisotopic (exact) mass is 541 g/mol. The maximum absolute atomic E-state index is 13.2. The van der Waals surface area contributed by atoms with E-state index < -0.39 is 16.1 Å². The molecule has 0 heterocycles. The fraction of sp³-hybridized carbons (Fsp3) is 0.440. The van der Waals surface area contributed by atoms with Crippen LogP contribution in [0.15, 0.2) is 42.5 Å². The zero-order valence-corrected chi connectivity index (χ0v) is 22.9. The number of anilines is 1. The second-order valence-electron chi connectivity index (χ2n) is 8.30. The van der Waals surface area contributed by atoms with E-state index in [9.17, 15) is 18.0 Å². The number of amides is 2. The second-order valence-corrected chi connectivity index (χ2v) is 11.0. The molecule has 7 nitrogen and oxygen atoms in total. The molecule has 0 aliphatic rings. The molecule has 0 aromatic heterocycles. The highest BCUT2D eigenvalue weighted by atomic mass is 35.5. The van der Waals surface area contributed by atoms with Crippen LogP contribution in [0.5, 0.6) is 0 Å². The van der Waals surface area contributed by atoms with Crippen LogP contribution < -0.4 is 9.62 Å². The van der Waals surface area contributed by atoms with Crippen LogP contribution in [0.1, 0.15) is 44.7 Å². The molecule has 2 aromatic carbocycles. The lowest BCUT2D eigenvalue weighted by Gasteiger charge is -2.29. The molecule has 0 spiro atoms. The Kier molecular flexibility index (Phi) is 10.9. The number of nitrogens with one attached hydrogen (secondary N) is 1. The van der Waals surface area contributed by atoms with Gasteiger partial charge in [0.15, 0.2) is 0 Å². The summed E-state index contributed by atoms with van der Waals surface area (Å²) in [5.41, 5.74) is 2.40. The third kappa shape index (κ3) is 8.40. The topological polar surface area (TPSA) is 86.8 Å². The summed E-state index contributed by atoms with van der Waals surface area (Å²) in [5.74, 6) is -0.528. The lowest BCUT2D eigenvalue weighted by atomic mass is 10.1. The van der Waals surface area contributed by atoms with Crippen molar-refractivity contribution in [1.82, 2.24) is 10.2 Å². The van der Waals surface area contributed by atoms with E-state index in [0.29, 0.717) is 28.7 Å². The van der Waals surface area contributed by atoms with E-state index >= 15 is 0 Å². The SMILES string of the molecule is CCNC(=O)[C@H](C)N(Cc1ccc(Cl)c(Cl)c1)C(=O)CCCN(c1ccc(CC)cc1)S(C)(=O)=O. The number of likely N-dealkylation sites (N-methyl/N-ethyl adjacent to an activating group) is 1. The van der Waals surface area contributed by atoms with E-state index in [4.69, 9.17) is 23.2 Å². The molecule has 0 aliphatic carbocycles.